The van der Waals surface area contributed by atoms with Crippen molar-refractivity contribution < 1.29 is 0 Å². The monoisotopic (exact) mass is 285 g/mol. The van der Waals surface area contributed by atoms with Crippen molar-refractivity contribution in [3.05, 3.63) is 59.3 Å². The first kappa shape index (κ1) is 13.1. The third-order valence-corrected chi connectivity index (χ3v) is 3.68. The van der Waals surface area contributed by atoms with Crippen LogP contribution in [0.3, 0.4) is 0 Å². The molecule has 3 nitrogen and oxygen atoms in total. The maximum atomic E-state index is 6.31. The van der Waals surface area contributed by atoms with Gasteiger partial charge in [0.1, 0.15) is 11.0 Å². The zero-order chi connectivity index (χ0) is 14.1. The lowest BCUT2D eigenvalue weighted by Gasteiger charge is -2.12. The Morgan fingerprint density at radius 2 is 2.05 bits per heavy atom. The molecule has 3 aromatic rings. The van der Waals surface area contributed by atoms with Crippen molar-refractivity contribution >= 4 is 22.5 Å². The largest absolute Gasteiger partial charge is 0.330 e. The molecular formula is C16H16ClN3. The SMILES string of the molecule is CC(C)c1nccn1Cc1cc2ccccc2nc1Cl. The molecule has 0 amide bonds. The number of hydrogen-bond acceptors (Lipinski definition) is 2. The molecule has 0 bridgehead atoms. The summed E-state index contributed by atoms with van der Waals surface area (Å²) < 4.78 is 2.13. The predicted octanol–water partition coefficient (Wildman–Crippen LogP) is 4.26. The van der Waals surface area contributed by atoms with Gasteiger partial charge in [0.25, 0.3) is 0 Å². The topological polar surface area (TPSA) is 30.7 Å². The van der Waals surface area contributed by atoms with Crippen LogP contribution < -0.4 is 0 Å². The van der Waals surface area contributed by atoms with Gasteiger partial charge < -0.3 is 4.57 Å². The maximum absolute atomic E-state index is 6.31. The van der Waals surface area contributed by atoms with E-state index >= 15 is 0 Å². The molecule has 0 saturated carbocycles. The fourth-order valence-corrected chi connectivity index (χ4v) is 2.59. The van der Waals surface area contributed by atoms with Crippen molar-refractivity contribution in [1.82, 2.24) is 14.5 Å². The van der Waals surface area contributed by atoms with E-state index < -0.39 is 0 Å². The minimum Gasteiger partial charge on any atom is -0.330 e. The third kappa shape index (κ3) is 2.41. The van der Waals surface area contributed by atoms with E-state index in [0.29, 0.717) is 17.6 Å². The molecule has 3 rings (SSSR count). The molecule has 0 saturated heterocycles. The Labute approximate surface area is 123 Å². The second-order valence-electron chi connectivity index (χ2n) is 5.20. The minimum absolute atomic E-state index is 0.386. The number of nitrogens with zero attached hydrogens (tertiary/aromatic N) is 3. The second-order valence-corrected chi connectivity index (χ2v) is 5.56. The van der Waals surface area contributed by atoms with Crippen molar-refractivity contribution in [1.29, 1.82) is 0 Å². The normalized spacial score (nSPS) is 11.4. The zero-order valence-electron chi connectivity index (χ0n) is 11.5. The molecule has 2 heterocycles. The molecule has 0 aliphatic rings. The summed E-state index contributed by atoms with van der Waals surface area (Å²) in [6, 6.07) is 10.1. The standard InChI is InChI=1S/C16H16ClN3/c1-11(2)16-18-7-8-20(16)10-13-9-12-5-3-4-6-14(12)19-15(13)17/h3-9,11H,10H2,1-2H3. The molecule has 0 spiro atoms. The van der Waals surface area contributed by atoms with Gasteiger partial charge in [-0.25, -0.2) is 9.97 Å². The molecule has 102 valence electrons. The zero-order valence-corrected chi connectivity index (χ0v) is 12.3. The Hall–Kier alpha value is -1.87. The van der Waals surface area contributed by atoms with Crippen molar-refractivity contribution in [2.45, 2.75) is 26.3 Å². The molecule has 2 aromatic heterocycles. The molecule has 4 heteroatoms. The fraction of sp³-hybridized carbons (Fsp3) is 0.250. The van der Waals surface area contributed by atoms with E-state index in [4.69, 9.17) is 11.6 Å². The average molecular weight is 286 g/mol. The Morgan fingerprint density at radius 3 is 2.85 bits per heavy atom. The van der Waals surface area contributed by atoms with Gasteiger partial charge in [-0.1, -0.05) is 43.6 Å². The minimum atomic E-state index is 0.386. The molecular weight excluding hydrogens is 270 g/mol. The fourth-order valence-electron chi connectivity index (χ4n) is 2.39. The van der Waals surface area contributed by atoms with Gasteiger partial charge in [-0.2, -0.15) is 0 Å². The highest BCUT2D eigenvalue weighted by atomic mass is 35.5. The van der Waals surface area contributed by atoms with Crippen molar-refractivity contribution in [3.63, 3.8) is 0 Å². The molecule has 0 unspecified atom stereocenters. The van der Waals surface area contributed by atoms with E-state index in [1.165, 1.54) is 0 Å². The molecule has 20 heavy (non-hydrogen) atoms. The van der Waals surface area contributed by atoms with Gasteiger partial charge in [0.2, 0.25) is 0 Å². The van der Waals surface area contributed by atoms with Crippen molar-refractivity contribution in [2.24, 2.45) is 0 Å². The summed E-state index contributed by atoms with van der Waals surface area (Å²) in [5.74, 6) is 1.45. The van der Waals surface area contributed by atoms with E-state index in [2.05, 4.69) is 40.5 Å². The van der Waals surface area contributed by atoms with Crippen LogP contribution in [0.15, 0.2) is 42.7 Å². The van der Waals surface area contributed by atoms with Crippen LogP contribution >= 0.6 is 11.6 Å². The average Bonchev–Trinajstić information content (AvgIpc) is 2.88. The van der Waals surface area contributed by atoms with Crippen molar-refractivity contribution in [3.8, 4) is 0 Å². The lowest BCUT2D eigenvalue weighted by Crippen LogP contribution is -2.06. The van der Waals surface area contributed by atoms with E-state index in [1.807, 2.05) is 30.6 Å². The van der Waals surface area contributed by atoms with Gasteiger partial charge in [-0.15, -0.1) is 0 Å². The van der Waals surface area contributed by atoms with Crippen LogP contribution in [0, 0.1) is 0 Å². The molecule has 0 fully saturated rings. The Bertz CT molecular complexity index is 746. The Balaban J connectivity index is 2.02. The van der Waals surface area contributed by atoms with Gasteiger partial charge in [0.15, 0.2) is 0 Å². The number of aromatic nitrogens is 3. The highest BCUT2D eigenvalue weighted by Crippen LogP contribution is 2.22. The number of fused-ring (bicyclic) bond motifs is 1. The summed E-state index contributed by atoms with van der Waals surface area (Å²) >= 11 is 6.31. The van der Waals surface area contributed by atoms with Crippen LogP contribution in [0.4, 0.5) is 0 Å². The maximum Gasteiger partial charge on any atom is 0.134 e. The van der Waals surface area contributed by atoms with Gasteiger partial charge in [0, 0.05) is 29.3 Å². The van der Waals surface area contributed by atoms with Crippen LogP contribution in [0.2, 0.25) is 5.15 Å². The summed E-state index contributed by atoms with van der Waals surface area (Å²) in [6.07, 6.45) is 3.82. The number of benzene rings is 1. The molecule has 0 radical (unpaired) electrons. The summed E-state index contributed by atoms with van der Waals surface area (Å²) in [6.45, 7) is 4.97. The van der Waals surface area contributed by atoms with E-state index in [1.54, 1.807) is 0 Å². The Morgan fingerprint density at radius 1 is 1.25 bits per heavy atom. The lowest BCUT2D eigenvalue weighted by molar-refractivity contribution is 0.669. The van der Waals surface area contributed by atoms with Crippen LogP contribution in [0.25, 0.3) is 10.9 Å². The van der Waals surface area contributed by atoms with Crippen LogP contribution in [-0.4, -0.2) is 14.5 Å². The summed E-state index contributed by atoms with van der Waals surface area (Å²) in [7, 11) is 0. The summed E-state index contributed by atoms with van der Waals surface area (Å²) in [5, 5.41) is 1.67. The van der Waals surface area contributed by atoms with E-state index in [0.717, 1.165) is 22.3 Å². The number of para-hydroxylation sites is 1. The van der Waals surface area contributed by atoms with Crippen LogP contribution in [0.1, 0.15) is 31.2 Å². The lowest BCUT2D eigenvalue weighted by atomic mass is 10.1. The number of imidazole rings is 1. The summed E-state index contributed by atoms with van der Waals surface area (Å²) in [5.41, 5.74) is 1.95. The van der Waals surface area contributed by atoms with Gasteiger partial charge in [0.05, 0.1) is 12.1 Å². The quantitative estimate of drug-likeness (QED) is 0.673. The first-order valence-corrected chi connectivity index (χ1v) is 7.08. The molecule has 0 atom stereocenters. The highest BCUT2D eigenvalue weighted by Gasteiger charge is 2.10. The van der Waals surface area contributed by atoms with Gasteiger partial charge in [-0.05, 0) is 12.1 Å². The first-order valence-electron chi connectivity index (χ1n) is 6.70. The number of rotatable bonds is 3. The van der Waals surface area contributed by atoms with Gasteiger partial charge >= 0.3 is 0 Å². The predicted molar refractivity (Wildman–Crippen MR) is 82.2 cm³/mol. The van der Waals surface area contributed by atoms with Crippen LogP contribution in [-0.2, 0) is 6.54 Å². The Kier molecular flexibility index (Phi) is 3.45. The number of halogens is 1. The molecule has 0 aliphatic carbocycles. The summed E-state index contributed by atoms with van der Waals surface area (Å²) in [4.78, 5) is 8.87. The van der Waals surface area contributed by atoms with E-state index in [-0.39, 0.29) is 0 Å². The van der Waals surface area contributed by atoms with E-state index in [9.17, 15) is 0 Å². The number of hydrogen-bond donors (Lipinski definition) is 0. The third-order valence-electron chi connectivity index (χ3n) is 3.35. The molecule has 0 N–H and O–H groups in total. The highest BCUT2D eigenvalue weighted by molar-refractivity contribution is 6.30. The second kappa shape index (κ2) is 5.25. The first-order chi connectivity index (χ1) is 9.65. The molecule has 1 aromatic carbocycles. The number of pyridine rings is 1. The van der Waals surface area contributed by atoms with Gasteiger partial charge in [-0.3, -0.25) is 0 Å². The molecule has 0 aliphatic heterocycles. The van der Waals surface area contributed by atoms with Crippen molar-refractivity contribution in [2.75, 3.05) is 0 Å². The smallest absolute Gasteiger partial charge is 0.134 e. The van der Waals surface area contributed by atoms with Crippen LogP contribution in [0.5, 0.6) is 0 Å².